The summed E-state index contributed by atoms with van der Waals surface area (Å²) in [5.74, 6) is 4.92. The van der Waals surface area contributed by atoms with Gasteiger partial charge in [0, 0.05) is 11.8 Å². The lowest BCUT2D eigenvalue weighted by atomic mass is 9.42. The van der Waals surface area contributed by atoms with Crippen LogP contribution in [-0.2, 0) is 0 Å². The van der Waals surface area contributed by atoms with Crippen LogP contribution in [0.2, 0.25) is 0 Å². The van der Waals surface area contributed by atoms with Gasteiger partial charge in [-0.15, -0.1) is 0 Å². The summed E-state index contributed by atoms with van der Waals surface area (Å²) in [5.41, 5.74) is -0.984. The molecule has 3 heteroatoms. The topological polar surface area (TPSA) is 60.7 Å². The SMILES string of the molecule is CCC(CCC(C)C1CCC2C3CC(O)C4(O)CC(O)CCC4(C)C3CCC12C)C(C)C. The van der Waals surface area contributed by atoms with Crippen molar-refractivity contribution in [3.63, 3.8) is 0 Å². The van der Waals surface area contributed by atoms with Crippen LogP contribution in [-0.4, -0.2) is 33.1 Å². The molecule has 186 valence electrons. The van der Waals surface area contributed by atoms with E-state index in [0.717, 1.165) is 42.9 Å². The second kappa shape index (κ2) is 8.83. The van der Waals surface area contributed by atoms with E-state index in [1.165, 1.54) is 44.9 Å². The Bertz CT molecular complexity index is 663. The molecule has 0 heterocycles. The Morgan fingerprint density at radius 1 is 0.906 bits per heavy atom. The predicted molar refractivity (Wildman–Crippen MR) is 131 cm³/mol. The largest absolute Gasteiger partial charge is 0.393 e. The smallest absolute Gasteiger partial charge is 0.0985 e. The first-order chi connectivity index (χ1) is 15.0. The first-order valence-corrected chi connectivity index (χ1v) is 14.1. The molecule has 0 radical (unpaired) electrons. The van der Waals surface area contributed by atoms with E-state index in [4.69, 9.17) is 0 Å². The highest BCUT2D eigenvalue weighted by Crippen LogP contribution is 2.69. The highest BCUT2D eigenvalue weighted by molar-refractivity contribution is 5.17. The molecule has 4 saturated carbocycles. The Labute approximate surface area is 197 Å². The molecule has 4 aliphatic rings. The summed E-state index contributed by atoms with van der Waals surface area (Å²) in [6, 6.07) is 0. The molecular formula is C29H52O3. The molecule has 11 atom stereocenters. The van der Waals surface area contributed by atoms with E-state index in [0.29, 0.717) is 29.6 Å². The molecule has 4 aliphatic carbocycles. The van der Waals surface area contributed by atoms with Gasteiger partial charge in [0.15, 0.2) is 0 Å². The lowest BCUT2D eigenvalue weighted by Gasteiger charge is -2.65. The van der Waals surface area contributed by atoms with Crippen LogP contribution in [0, 0.1) is 52.3 Å². The maximum Gasteiger partial charge on any atom is 0.0985 e. The van der Waals surface area contributed by atoms with E-state index in [2.05, 4.69) is 41.5 Å². The average Bonchev–Trinajstić information content (AvgIpc) is 3.08. The highest BCUT2D eigenvalue weighted by atomic mass is 16.3. The number of aliphatic hydroxyl groups is 3. The third kappa shape index (κ3) is 3.72. The summed E-state index contributed by atoms with van der Waals surface area (Å²) in [5, 5.41) is 33.2. The third-order valence-electron chi connectivity index (χ3n) is 12.1. The van der Waals surface area contributed by atoms with Crippen molar-refractivity contribution < 1.29 is 15.3 Å². The summed E-state index contributed by atoms with van der Waals surface area (Å²) >= 11 is 0. The second-order valence-corrected chi connectivity index (χ2v) is 13.6. The van der Waals surface area contributed by atoms with Crippen molar-refractivity contribution >= 4 is 0 Å². The fourth-order valence-electron chi connectivity index (χ4n) is 9.92. The zero-order chi connectivity index (χ0) is 23.5. The van der Waals surface area contributed by atoms with Crippen molar-refractivity contribution in [2.75, 3.05) is 0 Å². The van der Waals surface area contributed by atoms with Crippen LogP contribution < -0.4 is 0 Å². The van der Waals surface area contributed by atoms with Gasteiger partial charge in [-0.25, -0.2) is 0 Å². The molecule has 32 heavy (non-hydrogen) atoms. The molecule has 0 aliphatic heterocycles. The molecule has 4 fully saturated rings. The summed E-state index contributed by atoms with van der Waals surface area (Å²) < 4.78 is 0. The Balaban J connectivity index is 1.51. The van der Waals surface area contributed by atoms with Gasteiger partial charge in [0.25, 0.3) is 0 Å². The zero-order valence-electron chi connectivity index (χ0n) is 21.8. The Kier molecular flexibility index (Phi) is 6.89. The Morgan fingerprint density at radius 3 is 2.28 bits per heavy atom. The number of fused-ring (bicyclic) bond motifs is 5. The van der Waals surface area contributed by atoms with E-state index in [-0.39, 0.29) is 5.41 Å². The van der Waals surface area contributed by atoms with Crippen LogP contribution in [0.1, 0.15) is 112 Å². The summed E-state index contributed by atoms with van der Waals surface area (Å²) in [6.45, 7) is 14.5. The molecule has 3 nitrogen and oxygen atoms in total. The van der Waals surface area contributed by atoms with E-state index in [9.17, 15) is 15.3 Å². The van der Waals surface area contributed by atoms with Crippen molar-refractivity contribution in [3.8, 4) is 0 Å². The quantitative estimate of drug-likeness (QED) is 0.454. The summed E-state index contributed by atoms with van der Waals surface area (Å²) in [6.07, 6.45) is 10.7. The number of rotatable bonds is 6. The van der Waals surface area contributed by atoms with E-state index < -0.39 is 17.8 Å². The van der Waals surface area contributed by atoms with Crippen molar-refractivity contribution in [1.29, 1.82) is 0 Å². The van der Waals surface area contributed by atoms with E-state index >= 15 is 0 Å². The molecule has 0 bridgehead atoms. The van der Waals surface area contributed by atoms with E-state index in [1.54, 1.807) is 0 Å². The predicted octanol–water partition coefficient (Wildman–Crippen LogP) is 6.19. The van der Waals surface area contributed by atoms with Gasteiger partial charge < -0.3 is 15.3 Å². The minimum atomic E-state index is -1.11. The fourth-order valence-corrected chi connectivity index (χ4v) is 9.92. The van der Waals surface area contributed by atoms with Crippen LogP contribution in [0.4, 0.5) is 0 Å². The molecule has 4 rings (SSSR count). The molecule has 0 aromatic carbocycles. The first kappa shape index (κ1) is 25.0. The van der Waals surface area contributed by atoms with E-state index in [1.807, 2.05) is 0 Å². The average molecular weight is 449 g/mol. The molecule has 0 saturated heterocycles. The number of hydrogen-bond acceptors (Lipinski definition) is 3. The van der Waals surface area contributed by atoms with Gasteiger partial charge in [-0.05, 0) is 98.2 Å². The standard InChI is InChI=1S/C29H52O3/c1-7-20(18(2)3)9-8-19(4)23-10-11-24-22-16-26(31)29(32)17-21(30)12-15-28(29,6)25(22)13-14-27(23,24)5/h18-26,30-32H,7-17H2,1-6H3. The van der Waals surface area contributed by atoms with Crippen LogP contribution in [0.15, 0.2) is 0 Å². The van der Waals surface area contributed by atoms with Crippen LogP contribution in [0.25, 0.3) is 0 Å². The maximum atomic E-state index is 11.7. The van der Waals surface area contributed by atoms with Gasteiger partial charge in [0.2, 0.25) is 0 Å². The molecule has 0 amide bonds. The first-order valence-electron chi connectivity index (χ1n) is 14.1. The fraction of sp³-hybridized carbons (Fsp3) is 1.00. The Morgan fingerprint density at radius 2 is 1.62 bits per heavy atom. The molecule has 3 N–H and O–H groups in total. The molecule has 0 aromatic rings. The lowest BCUT2D eigenvalue weighted by Crippen LogP contribution is -2.68. The zero-order valence-corrected chi connectivity index (χ0v) is 21.8. The van der Waals surface area contributed by atoms with Crippen molar-refractivity contribution in [1.82, 2.24) is 0 Å². The lowest BCUT2D eigenvalue weighted by molar-refractivity contribution is -0.264. The second-order valence-electron chi connectivity index (χ2n) is 13.6. The summed E-state index contributed by atoms with van der Waals surface area (Å²) in [7, 11) is 0. The van der Waals surface area contributed by atoms with Crippen molar-refractivity contribution in [2.45, 2.75) is 130 Å². The van der Waals surface area contributed by atoms with Gasteiger partial charge >= 0.3 is 0 Å². The van der Waals surface area contributed by atoms with Gasteiger partial charge in [-0.3, -0.25) is 0 Å². The minimum absolute atomic E-state index is 0.259. The van der Waals surface area contributed by atoms with Crippen molar-refractivity contribution in [3.05, 3.63) is 0 Å². The van der Waals surface area contributed by atoms with Crippen LogP contribution >= 0.6 is 0 Å². The van der Waals surface area contributed by atoms with Gasteiger partial charge in [-0.1, -0.05) is 54.4 Å². The monoisotopic (exact) mass is 448 g/mol. The van der Waals surface area contributed by atoms with Gasteiger partial charge in [0.1, 0.15) is 0 Å². The molecule has 0 aromatic heterocycles. The van der Waals surface area contributed by atoms with Crippen LogP contribution in [0.3, 0.4) is 0 Å². The van der Waals surface area contributed by atoms with Crippen molar-refractivity contribution in [2.24, 2.45) is 52.3 Å². The van der Waals surface area contributed by atoms with Gasteiger partial charge in [0.05, 0.1) is 17.8 Å². The Hall–Kier alpha value is -0.120. The maximum absolute atomic E-state index is 11.7. The van der Waals surface area contributed by atoms with Crippen LogP contribution in [0.5, 0.6) is 0 Å². The highest BCUT2D eigenvalue weighted by Gasteiger charge is 2.67. The minimum Gasteiger partial charge on any atom is -0.393 e. The number of aliphatic hydroxyl groups excluding tert-OH is 2. The molecule has 11 unspecified atom stereocenters. The molecular weight excluding hydrogens is 396 g/mol. The normalized spacial score (nSPS) is 50.4. The third-order valence-corrected chi connectivity index (χ3v) is 12.1. The van der Waals surface area contributed by atoms with Gasteiger partial charge in [-0.2, -0.15) is 0 Å². The number of hydrogen-bond donors (Lipinski definition) is 3. The summed E-state index contributed by atoms with van der Waals surface area (Å²) in [4.78, 5) is 0. The molecule has 0 spiro atoms.